The highest BCUT2D eigenvalue weighted by atomic mass is 32.2. The van der Waals surface area contributed by atoms with E-state index in [2.05, 4.69) is 18.4 Å². The van der Waals surface area contributed by atoms with E-state index < -0.39 is 0 Å². The summed E-state index contributed by atoms with van der Waals surface area (Å²) in [5.41, 5.74) is 5.56. The van der Waals surface area contributed by atoms with Crippen molar-refractivity contribution in [1.29, 1.82) is 0 Å². The molecule has 0 atom stereocenters. The Morgan fingerprint density at radius 3 is 2.71 bits per heavy atom. The molecular weight excluding hydrogens is 230 g/mol. The van der Waals surface area contributed by atoms with Gasteiger partial charge in [-0.1, -0.05) is 0 Å². The predicted octanol–water partition coefficient (Wildman–Crippen LogP) is 3.44. The first kappa shape index (κ1) is 12.4. The summed E-state index contributed by atoms with van der Waals surface area (Å²) in [6.07, 6.45) is 4.82. The maximum Gasteiger partial charge on any atom is 0.0601 e. The van der Waals surface area contributed by atoms with Crippen molar-refractivity contribution in [3.8, 4) is 0 Å². The molecule has 0 saturated heterocycles. The third-order valence-electron chi connectivity index (χ3n) is 1.83. The average molecular weight is 247 g/mol. The highest BCUT2D eigenvalue weighted by molar-refractivity contribution is 8.01. The Bertz CT molecular complexity index is 247. The van der Waals surface area contributed by atoms with Crippen LogP contribution >= 0.6 is 34.9 Å². The van der Waals surface area contributed by atoms with E-state index in [0.717, 1.165) is 0 Å². The van der Waals surface area contributed by atoms with Crippen molar-refractivity contribution in [2.75, 3.05) is 17.8 Å². The Balaban J connectivity index is 2.12. The lowest BCUT2D eigenvalue weighted by molar-refractivity contribution is 0.908. The molecule has 0 aliphatic heterocycles. The molecule has 0 amide bonds. The van der Waals surface area contributed by atoms with Crippen LogP contribution in [0.2, 0.25) is 0 Å². The molecule has 80 valence electrons. The van der Waals surface area contributed by atoms with Gasteiger partial charge in [-0.2, -0.15) is 11.8 Å². The van der Waals surface area contributed by atoms with E-state index in [4.69, 9.17) is 5.73 Å². The summed E-state index contributed by atoms with van der Waals surface area (Å²) in [5.74, 6) is 2.53. The summed E-state index contributed by atoms with van der Waals surface area (Å²) in [5, 5.41) is 0. The third kappa shape index (κ3) is 4.73. The molecule has 0 aliphatic carbocycles. The molecule has 0 radical (unpaired) electrons. The monoisotopic (exact) mass is 247 g/mol. The van der Waals surface area contributed by atoms with E-state index in [1.165, 1.54) is 33.4 Å². The first-order chi connectivity index (χ1) is 6.86. The second kappa shape index (κ2) is 7.63. The zero-order valence-electron chi connectivity index (χ0n) is 8.49. The number of unbranched alkanes of at least 4 members (excludes halogenated alkanes) is 1. The van der Waals surface area contributed by atoms with Gasteiger partial charge in [0.05, 0.1) is 4.21 Å². The molecule has 14 heavy (non-hydrogen) atoms. The quantitative estimate of drug-likeness (QED) is 0.590. The molecule has 1 aromatic heterocycles. The van der Waals surface area contributed by atoms with Crippen LogP contribution in [0.1, 0.15) is 17.7 Å². The molecule has 0 aliphatic rings. The predicted molar refractivity (Wildman–Crippen MR) is 70.6 cm³/mol. The molecular formula is C10H17NS3. The summed E-state index contributed by atoms with van der Waals surface area (Å²) in [6, 6.07) is 4.32. The van der Waals surface area contributed by atoms with Crippen LogP contribution in [0.5, 0.6) is 0 Å². The van der Waals surface area contributed by atoms with Crippen LogP contribution in [0.3, 0.4) is 0 Å². The van der Waals surface area contributed by atoms with E-state index in [-0.39, 0.29) is 0 Å². The number of hydrogen-bond acceptors (Lipinski definition) is 4. The normalized spacial score (nSPS) is 10.7. The van der Waals surface area contributed by atoms with Crippen LogP contribution in [0.25, 0.3) is 0 Å². The molecule has 0 unspecified atom stereocenters. The molecule has 2 N–H and O–H groups in total. The maximum atomic E-state index is 5.56. The van der Waals surface area contributed by atoms with Gasteiger partial charge in [0.25, 0.3) is 0 Å². The zero-order valence-corrected chi connectivity index (χ0v) is 10.9. The number of hydrogen-bond donors (Lipinski definition) is 1. The highest BCUT2D eigenvalue weighted by Gasteiger charge is 1.98. The minimum absolute atomic E-state index is 0.678. The summed E-state index contributed by atoms with van der Waals surface area (Å²) >= 11 is 5.72. The molecule has 0 fully saturated rings. The SMILES string of the molecule is CSCCCCSc1ccc(CN)s1. The smallest absolute Gasteiger partial charge is 0.0601 e. The van der Waals surface area contributed by atoms with Gasteiger partial charge in [-0.05, 0) is 42.7 Å². The Morgan fingerprint density at radius 2 is 2.07 bits per heavy atom. The lowest BCUT2D eigenvalue weighted by atomic mass is 10.4. The van der Waals surface area contributed by atoms with E-state index in [1.54, 1.807) is 0 Å². The standard InChI is InChI=1S/C10H17NS3/c1-12-6-2-3-7-13-10-5-4-9(8-11)14-10/h4-5H,2-3,6-8,11H2,1H3. The fourth-order valence-electron chi connectivity index (χ4n) is 1.07. The van der Waals surface area contributed by atoms with Crippen LogP contribution in [0.15, 0.2) is 16.3 Å². The summed E-state index contributed by atoms with van der Waals surface area (Å²) in [4.78, 5) is 1.29. The molecule has 0 aromatic carbocycles. The minimum atomic E-state index is 0.678. The third-order valence-corrected chi connectivity index (χ3v) is 4.94. The Kier molecular flexibility index (Phi) is 6.77. The molecule has 0 bridgehead atoms. The largest absolute Gasteiger partial charge is 0.326 e. The number of rotatable bonds is 7. The maximum absolute atomic E-state index is 5.56. The van der Waals surface area contributed by atoms with Crippen LogP contribution in [-0.4, -0.2) is 17.8 Å². The van der Waals surface area contributed by atoms with E-state index in [0.29, 0.717) is 6.54 Å². The van der Waals surface area contributed by atoms with Crippen molar-refractivity contribution in [2.45, 2.75) is 23.6 Å². The van der Waals surface area contributed by atoms with Crippen molar-refractivity contribution in [2.24, 2.45) is 5.73 Å². The number of thiophene rings is 1. The van der Waals surface area contributed by atoms with Gasteiger partial charge in [-0.25, -0.2) is 0 Å². The summed E-state index contributed by atoms with van der Waals surface area (Å²) < 4.78 is 1.41. The van der Waals surface area contributed by atoms with Crippen LogP contribution < -0.4 is 5.73 Å². The van der Waals surface area contributed by atoms with Crippen LogP contribution in [0.4, 0.5) is 0 Å². The Morgan fingerprint density at radius 1 is 1.29 bits per heavy atom. The van der Waals surface area contributed by atoms with Crippen molar-refractivity contribution in [3.05, 3.63) is 17.0 Å². The molecule has 0 saturated carbocycles. The number of nitrogens with two attached hydrogens (primary N) is 1. The summed E-state index contributed by atoms with van der Waals surface area (Å²) in [7, 11) is 0. The van der Waals surface area contributed by atoms with Crippen LogP contribution in [-0.2, 0) is 6.54 Å². The van der Waals surface area contributed by atoms with Gasteiger partial charge in [0.15, 0.2) is 0 Å². The second-order valence-electron chi connectivity index (χ2n) is 2.97. The van der Waals surface area contributed by atoms with Crippen molar-refractivity contribution in [1.82, 2.24) is 0 Å². The van der Waals surface area contributed by atoms with Gasteiger partial charge in [-0.3, -0.25) is 0 Å². The molecule has 1 nitrogen and oxygen atoms in total. The molecule has 0 spiro atoms. The van der Waals surface area contributed by atoms with E-state index in [9.17, 15) is 0 Å². The van der Waals surface area contributed by atoms with Crippen molar-refractivity contribution >= 4 is 34.9 Å². The van der Waals surface area contributed by atoms with Crippen molar-refractivity contribution in [3.63, 3.8) is 0 Å². The fourth-order valence-corrected chi connectivity index (χ4v) is 3.69. The van der Waals surface area contributed by atoms with Gasteiger partial charge in [0.2, 0.25) is 0 Å². The second-order valence-corrected chi connectivity index (χ2v) is 6.52. The van der Waals surface area contributed by atoms with Gasteiger partial charge >= 0.3 is 0 Å². The molecule has 1 rings (SSSR count). The van der Waals surface area contributed by atoms with E-state index in [1.807, 2.05) is 34.9 Å². The molecule has 1 heterocycles. The lowest BCUT2D eigenvalue weighted by Gasteiger charge is -1.97. The fraction of sp³-hybridized carbons (Fsp3) is 0.600. The zero-order chi connectivity index (χ0) is 10.2. The summed E-state index contributed by atoms with van der Waals surface area (Å²) in [6.45, 7) is 0.678. The highest BCUT2D eigenvalue weighted by Crippen LogP contribution is 2.27. The van der Waals surface area contributed by atoms with Crippen molar-refractivity contribution < 1.29 is 0 Å². The average Bonchev–Trinajstić information content (AvgIpc) is 2.65. The first-order valence-electron chi connectivity index (χ1n) is 4.77. The minimum Gasteiger partial charge on any atom is -0.326 e. The number of thioether (sulfide) groups is 2. The van der Waals surface area contributed by atoms with Gasteiger partial charge < -0.3 is 5.73 Å². The first-order valence-corrected chi connectivity index (χ1v) is 7.97. The molecule has 1 aromatic rings. The Hall–Kier alpha value is 0.360. The van der Waals surface area contributed by atoms with Gasteiger partial charge in [-0.15, -0.1) is 23.1 Å². The van der Waals surface area contributed by atoms with Gasteiger partial charge in [0, 0.05) is 11.4 Å². The van der Waals surface area contributed by atoms with Gasteiger partial charge in [0.1, 0.15) is 0 Å². The Labute approximate surface area is 98.8 Å². The van der Waals surface area contributed by atoms with Crippen LogP contribution in [0, 0.1) is 0 Å². The van der Waals surface area contributed by atoms with E-state index >= 15 is 0 Å². The topological polar surface area (TPSA) is 26.0 Å². The molecule has 4 heteroatoms. The lowest BCUT2D eigenvalue weighted by Crippen LogP contribution is -1.90.